The Morgan fingerprint density at radius 1 is 1.08 bits per heavy atom. The average Bonchev–Trinajstić information content (AvgIpc) is 3.64. The highest BCUT2D eigenvalue weighted by Gasteiger charge is 2.33. The van der Waals surface area contributed by atoms with Gasteiger partial charge in [-0.3, -0.25) is 25.0 Å². The molecule has 1 aliphatic carbocycles. The molecule has 0 radical (unpaired) electrons. The molecule has 0 spiro atoms. The maximum Gasteiger partial charge on any atom is 0.260 e. The van der Waals surface area contributed by atoms with E-state index in [0.29, 0.717) is 28.6 Å². The number of hydrogen-bond donors (Lipinski definition) is 3. The molecule has 7 rings (SSSR count). The van der Waals surface area contributed by atoms with Crippen molar-refractivity contribution in [1.29, 1.82) is 5.41 Å². The van der Waals surface area contributed by atoms with Crippen molar-refractivity contribution in [3.8, 4) is 11.4 Å². The second kappa shape index (κ2) is 9.00. The van der Waals surface area contributed by atoms with E-state index in [0.717, 1.165) is 48.2 Å². The van der Waals surface area contributed by atoms with Crippen molar-refractivity contribution >= 4 is 22.2 Å². The Kier molecular flexibility index (Phi) is 5.33. The summed E-state index contributed by atoms with van der Waals surface area (Å²) in [6.45, 7) is 1.45. The van der Waals surface area contributed by atoms with Gasteiger partial charge in [-0.1, -0.05) is 12.1 Å². The number of nitrogens with one attached hydrogen (secondary N) is 3. The van der Waals surface area contributed by atoms with Gasteiger partial charge in [-0.25, -0.2) is 4.98 Å². The Hall–Kier alpha value is -4.70. The van der Waals surface area contributed by atoms with Gasteiger partial charge in [0.2, 0.25) is 0 Å². The smallest absolute Gasteiger partial charge is 0.260 e. The SMILES string of the molecule is N=C1C(c2cccc3[nH]ncc23)=CC(n2ccc(C3CCOCC3)n2)c2nc(-c3cccnc3)[nH]c(=O)c21. The van der Waals surface area contributed by atoms with E-state index in [1.807, 2.05) is 47.3 Å². The third-order valence-corrected chi connectivity index (χ3v) is 7.33. The molecule has 10 nitrogen and oxygen atoms in total. The van der Waals surface area contributed by atoms with E-state index in [4.69, 9.17) is 20.2 Å². The van der Waals surface area contributed by atoms with E-state index in [2.05, 4.69) is 20.2 Å². The zero-order chi connectivity index (χ0) is 25.6. The number of hydrogen-bond acceptors (Lipinski definition) is 7. The predicted octanol–water partition coefficient (Wildman–Crippen LogP) is 3.85. The van der Waals surface area contributed by atoms with Crippen LogP contribution in [0.25, 0.3) is 27.9 Å². The van der Waals surface area contributed by atoms with Gasteiger partial charge in [-0.15, -0.1) is 0 Å². The van der Waals surface area contributed by atoms with Gasteiger partial charge >= 0.3 is 0 Å². The fourth-order valence-electron chi connectivity index (χ4n) is 5.39. The number of pyridine rings is 1. The molecule has 3 N–H and O–H groups in total. The molecular formula is C28H24N8O2. The summed E-state index contributed by atoms with van der Waals surface area (Å²) in [5, 5.41) is 22.1. The number of aromatic nitrogens is 7. The largest absolute Gasteiger partial charge is 0.381 e. The van der Waals surface area contributed by atoms with Crippen LogP contribution >= 0.6 is 0 Å². The van der Waals surface area contributed by atoms with Crippen LogP contribution in [0, 0.1) is 5.41 Å². The van der Waals surface area contributed by atoms with Crippen molar-refractivity contribution in [3.05, 3.63) is 100 Å². The quantitative estimate of drug-likeness (QED) is 0.340. The maximum atomic E-state index is 13.5. The lowest BCUT2D eigenvalue weighted by molar-refractivity contribution is 0.0843. The van der Waals surface area contributed by atoms with E-state index < -0.39 is 6.04 Å². The molecular weight excluding hydrogens is 480 g/mol. The maximum absolute atomic E-state index is 13.5. The number of allylic oxidation sites excluding steroid dienone is 2. The first-order chi connectivity index (χ1) is 18.7. The molecule has 188 valence electrons. The molecule has 10 heteroatoms. The van der Waals surface area contributed by atoms with Crippen LogP contribution in [0.2, 0.25) is 0 Å². The van der Waals surface area contributed by atoms with Crippen molar-refractivity contribution in [3.63, 3.8) is 0 Å². The molecule has 1 saturated heterocycles. The first-order valence-corrected chi connectivity index (χ1v) is 12.6. The summed E-state index contributed by atoms with van der Waals surface area (Å²) in [6, 6.07) is 11.0. The lowest BCUT2D eigenvalue weighted by Gasteiger charge is -2.25. The van der Waals surface area contributed by atoms with Gasteiger partial charge in [0.05, 0.1) is 34.4 Å². The van der Waals surface area contributed by atoms with Crippen LogP contribution in [-0.4, -0.2) is 53.9 Å². The molecule has 4 aromatic heterocycles. The van der Waals surface area contributed by atoms with Crippen molar-refractivity contribution in [2.75, 3.05) is 13.2 Å². The van der Waals surface area contributed by atoms with Gasteiger partial charge in [0.1, 0.15) is 11.9 Å². The number of benzene rings is 1. The van der Waals surface area contributed by atoms with Crippen LogP contribution in [0.1, 0.15) is 47.3 Å². The Labute approximate surface area is 216 Å². The number of aromatic amines is 2. The fourth-order valence-corrected chi connectivity index (χ4v) is 5.39. The van der Waals surface area contributed by atoms with Gasteiger partial charge in [-0.05, 0) is 48.7 Å². The Bertz CT molecular complexity index is 1760. The summed E-state index contributed by atoms with van der Waals surface area (Å²) in [5.41, 5.74) is 4.49. The molecule has 1 unspecified atom stereocenters. The number of ether oxygens (including phenoxy) is 1. The highest BCUT2D eigenvalue weighted by molar-refractivity contribution is 6.33. The standard InChI is InChI=1S/C28H24N8O2/c29-25-19(18-4-1-5-22-20(18)15-31-34-22)13-23(36-10-6-21(35-36)16-7-11-38-12-8-16)26-24(25)28(37)33-27(32-26)17-3-2-9-30-14-17/h1-6,9-10,13-16,23,29H,7-8,11-12H2,(H,31,34)(H,32,33,37). The fraction of sp³-hybridized carbons (Fsp3) is 0.214. The van der Waals surface area contributed by atoms with Crippen LogP contribution in [0.3, 0.4) is 0 Å². The summed E-state index contributed by atoms with van der Waals surface area (Å²) in [4.78, 5) is 25.5. The Balaban J connectivity index is 1.42. The van der Waals surface area contributed by atoms with Crippen molar-refractivity contribution < 1.29 is 4.74 Å². The zero-order valence-corrected chi connectivity index (χ0v) is 20.4. The molecule has 1 aromatic carbocycles. The predicted molar refractivity (Wildman–Crippen MR) is 142 cm³/mol. The van der Waals surface area contributed by atoms with E-state index >= 15 is 0 Å². The van der Waals surface area contributed by atoms with Gasteiger partial charge in [-0.2, -0.15) is 10.2 Å². The molecule has 1 aliphatic heterocycles. The molecule has 5 aromatic rings. The van der Waals surface area contributed by atoms with Crippen LogP contribution < -0.4 is 5.56 Å². The third-order valence-electron chi connectivity index (χ3n) is 7.33. The average molecular weight is 505 g/mol. The van der Waals surface area contributed by atoms with Crippen LogP contribution in [0.15, 0.2) is 72.1 Å². The van der Waals surface area contributed by atoms with Gasteiger partial charge < -0.3 is 9.72 Å². The highest BCUT2D eigenvalue weighted by atomic mass is 16.5. The number of nitrogens with zero attached hydrogens (tertiary/aromatic N) is 5. The lowest BCUT2D eigenvalue weighted by atomic mass is 9.86. The van der Waals surface area contributed by atoms with Crippen LogP contribution in [0.5, 0.6) is 0 Å². The van der Waals surface area contributed by atoms with Gasteiger partial charge in [0, 0.05) is 54.2 Å². The normalized spacial score (nSPS) is 17.9. The molecule has 5 heterocycles. The van der Waals surface area contributed by atoms with Crippen molar-refractivity contribution in [2.45, 2.75) is 24.8 Å². The molecule has 1 atom stereocenters. The topological polar surface area (TPSA) is 138 Å². The summed E-state index contributed by atoms with van der Waals surface area (Å²) in [7, 11) is 0. The summed E-state index contributed by atoms with van der Waals surface area (Å²) in [5.74, 6) is 0.734. The molecule has 38 heavy (non-hydrogen) atoms. The minimum absolute atomic E-state index is 0.119. The highest BCUT2D eigenvalue weighted by Crippen LogP contribution is 2.36. The first kappa shape index (κ1) is 22.5. The van der Waals surface area contributed by atoms with E-state index in [1.54, 1.807) is 24.7 Å². The molecule has 0 bridgehead atoms. The number of H-pyrrole nitrogens is 2. The van der Waals surface area contributed by atoms with E-state index in [-0.39, 0.29) is 16.8 Å². The molecule has 0 saturated carbocycles. The first-order valence-electron chi connectivity index (χ1n) is 12.6. The summed E-state index contributed by atoms with van der Waals surface area (Å²) < 4.78 is 7.39. The molecule has 2 aliphatic rings. The summed E-state index contributed by atoms with van der Waals surface area (Å²) >= 11 is 0. The third kappa shape index (κ3) is 3.69. The minimum Gasteiger partial charge on any atom is -0.381 e. The summed E-state index contributed by atoms with van der Waals surface area (Å²) in [6.07, 6.45) is 10.8. The van der Waals surface area contributed by atoms with Gasteiger partial charge in [0.25, 0.3) is 5.56 Å². The molecule has 1 fully saturated rings. The van der Waals surface area contributed by atoms with Crippen LogP contribution in [0.4, 0.5) is 0 Å². The number of rotatable bonds is 4. The van der Waals surface area contributed by atoms with Crippen molar-refractivity contribution in [2.24, 2.45) is 0 Å². The lowest BCUT2D eigenvalue weighted by Crippen LogP contribution is -2.30. The van der Waals surface area contributed by atoms with Gasteiger partial charge in [0.15, 0.2) is 0 Å². The van der Waals surface area contributed by atoms with Crippen molar-refractivity contribution in [1.82, 2.24) is 34.9 Å². The number of fused-ring (bicyclic) bond motifs is 2. The van der Waals surface area contributed by atoms with Crippen LogP contribution in [-0.2, 0) is 4.74 Å². The monoisotopic (exact) mass is 504 g/mol. The Morgan fingerprint density at radius 3 is 2.82 bits per heavy atom. The van der Waals surface area contributed by atoms with E-state index in [9.17, 15) is 4.79 Å². The zero-order valence-electron chi connectivity index (χ0n) is 20.4. The Morgan fingerprint density at radius 2 is 1.97 bits per heavy atom. The van der Waals surface area contributed by atoms with E-state index in [1.165, 1.54) is 0 Å². The minimum atomic E-state index is -0.484. The molecule has 0 amide bonds. The second-order valence-electron chi connectivity index (χ2n) is 9.56. The second-order valence-corrected chi connectivity index (χ2v) is 9.56.